The molecule has 0 unspecified atom stereocenters. The van der Waals surface area contributed by atoms with E-state index in [2.05, 4.69) is 29.3 Å². The fourth-order valence-corrected chi connectivity index (χ4v) is 2.64. The molecule has 0 heterocycles. The van der Waals surface area contributed by atoms with Gasteiger partial charge in [0.25, 0.3) is 5.91 Å². The molecular weight excluding hydrogens is 356 g/mol. The number of nitriles is 1. The molecule has 0 bridgehead atoms. The molecule has 0 aromatic heterocycles. The van der Waals surface area contributed by atoms with Crippen molar-refractivity contribution in [3.05, 3.63) is 53.6 Å². The highest BCUT2D eigenvalue weighted by molar-refractivity contribution is 5.95. The van der Waals surface area contributed by atoms with E-state index in [9.17, 15) is 4.79 Å². The molecule has 7 nitrogen and oxygen atoms in total. The third-order valence-electron chi connectivity index (χ3n) is 4.12. The lowest BCUT2D eigenvalue weighted by molar-refractivity contribution is 0.0955. The third kappa shape index (κ3) is 5.48. The number of hydrogen-bond donors (Lipinski definition) is 1. The van der Waals surface area contributed by atoms with E-state index in [1.165, 1.54) is 13.3 Å². The van der Waals surface area contributed by atoms with E-state index in [-0.39, 0.29) is 12.5 Å². The summed E-state index contributed by atoms with van der Waals surface area (Å²) in [7, 11) is 1.51. The molecule has 0 aliphatic heterocycles. The van der Waals surface area contributed by atoms with Crippen LogP contribution in [0.4, 0.5) is 5.69 Å². The average Bonchev–Trinajstić information content (AvgIpc) is 2.74. The minimum atomic E-state index is -0.289. The van der Waals surface area contributed by atoms with Crippen LogP contribution in [0.15, 0.2) is 47.6 Å². The number of hydrazone groups is 1. The molecular formula is C21H24N4O3. The van der Waals surface area contributed by atoms with Gasteiger partial charge < -0.3 is 14.4 Å². The second kappa shape index (κ2) is 10.6. The Labute approximate surface area is 165 Å². The zero-order valence-electron chi connectivity index (χ0n) is 16.3. The van der Waals surface area contributed by atoms with Gasteiger partial charge in [-0.2, -0.15) is 10.4 Å². The van der Waals surface area contributed by atoms with Crippen LogP contribution in [0.5, 0.6) is 11.5 Å². The minimum absolute atomic E-state index is 0.0626. The number of carbonyl (C=O) groups excluding carboxylic acids is 1. The van der Waals surface area contributed by atoms with Crippen LogP contribution in [0.1, 0.15) is 29.8 Å². The zero-order valence-corrected chi connectivity index (χ0v) is 16.3. The van der Waals surface area contributed by atoms with Gasteiger partial charge in [-0.1, -0.05) is 0 Å². The molecule has 0 spiro atoms. The Morgan fingerprint density at radius 1 is 1.18 bits per heavy atom. The van der Waals surface area contributed by atoms with Crippen LogP contribution in [0.2, 0.25) is 0 Å². The fraction of sp³-hybridized carbons (Fsp3) is 0.286. The van der Waals surface area contributed by atoms with Crippen molar-refractivity contribution in [1.82, 2.24) is 5.43 Å². The van der Waals surface area contributed by atoms with Crippen LogP contribution < -0.4 is 19.8 Å². The van der Waals surface area contributed by atoms with E-state index < -0.39 is 0 Å². The van der Waals surface area contributed by atoms with Gasteiger partial charge in [0.2, 0.25) is 0 Å². The highest BCUT2D eigenvalue weighted by Gasteiger charge is 2.07. The van der Waals surface area contributed by atoms with Gasteiger partial charge in [0.15, 0.2) is 18.1 Å². The first-order valence-corrected chi connectivity index (χ1v) is 8.99. The lowest BCUT2D eigenvalue weighted by atomic mass is 10.2. The summed E-state index contributed by atoms with van der Waals surface area (Å²) in [6, 6.07) is 14.5. The quantitative estimate of drug-likeness (QED) is 0.533. The van der Waals surface area contributed by atoms with Crippen LogP contribution in [-0.4, -0.2) is 38.9 Å². The molecule has 1 N–H and O–H groups in total. The van der Waals surface area contributed by atoms with E-state index in [1.807, 2.05) is 18.2 Å². The van der Waals surface area contributed by atoms with Crippen LogP contribution in [0.3, 0.4) is 0 Å². The number of nitrogens with zero attached hydrogens (tertiary/aromatic N) is 3. The van der Waals surface area contributed by atoms with Crippen molar-refractivity contribution >= 4 is 17.8 Å². The summed E-state index contributed by atoms with van der Waals surface area (Å²) >= 11 is 0. The third-order valence-corrected chi connectivity index (χ3v) is 4.12. The first kappa shape index (κ1) is 20.8. The van der Waals surface area contributed by atoms with Crippen molar-refractivity contribution in [2.24, 2.45) is 5.10 Å². The SMILES string of the molecule is CCN(CC)c1ccc(C(=O)N/N=C\c2ccc(OCC#N)c(OC)c2)cc1. The van der Waals surface area contributed by atoms with Crippen molar-refractivity contribution in [1.29, 1.82) is 5.26 Å². The molecule has 0 fully saturated rings. The van der Waals surface area contributed by atoms with E-state index in [0.29, 0.717) is 17.1 Å². The molecule has 0 aliphatic rings. The van der Waals surface area contributed by atoms with Gasteiger partial charge in [-0.05, 0) is 61.9 Å². The summed E-state index contributed by atoms with van der Waals surface area (Å²) < 4.78 is 10.5. The van der Waals surface area contributed by atoms with Gasteiger partial charge in [-0.15, -0.1) is 0 Å². The van der Waals surface area contributed by atoms with E-state index in [0.717, 1.165) is 24.3 Å². The minimum Gasteiger partial charge on any atom is -0.493 e. The first-order valence-electron chi connectivity index (χ1n) is 8.99. The van der Waals surface area contributed by atoms with Gasteiger partial charge >= 0.3 is 0 Å². The molecule has 0 saturated heterocycles. The summed E-state index contributed by atoms with van der Waals surface area (Å²) in [5.74, 6) is 0.666. The summed E-state index contributed by atoms with van der Waals surface area (Å²) in [5.41, 5.74) is 4.85. The topological polar surface area (TPSA) is 87.0 Å². The van der Waals surface area contributed by atoms with Gasteiger partial charge in [-0.25, -0.2) is 5.43 Å². The molecule has 0 aliphatic carbocycles. The molecule has 146 valence electrons. The summed E-state index contributed by atoms with van der Waals surface area (Å²) in [5, 5.41) is 12.6. The maximum absolute atomic E-state index is 12.2. The number of benzene rings is 2. The van der Waals surface area contributed by atoms with Crippen molar-refractivity contribution < 1.29 is 14.3 Å². The second-order valence-corrected chi connectivity index (χ2v) is 5.78. The molecule has 28 heavy (non-hydrogen) atoms. The first-order chi connectivity index (χ1) is 13.6. The maximum Gasteiger partial charge on any atom is 0.271 e. The highest BCUT2D eigenvalue weighted by Crippen LogP contribution is 2.27. The van der Waals surface area contributed by atoms with Crippen molar-refractivity contribution in [2.45, 2.75) is 13.8 Å². The molecule has 1 amide bonds. The Hall–Kier alpha value is -3.53. The largest absolute Gasteiger partial charge is 0.493 e. The molecule has 2 aromatic carbocycles. The fourth-order valence-electron chi connectivity index (χ4n) is 2.64. The lowest BCUT2D eigenvalue weighted by Crippen LogP contribution is -2.22. The van der Waals surface area contributed by atoms with Gasteiger partial charge in [0.1, 0.15) is 6.07 Å². The monoisotopic (exact) mass is 380 g/mol. The Morgan fingerprint density at radius 3 is 2.50 bits per heavy atom. The van der Waals surface area contributed by atoms with Crippen LogP contribution in [0.25, 0.3) is 0 Å². The molecule has 0 atom stereocenters. The predicted octanol–water partition coefficient (Wildman–Crippen LogP) is 3.21. The number of amides is 1. The number of ether oxygens (including phenoxy) is 2. The number of hydrogen-bond acceptors (Lipinski definition) is 6. The molecule has 0 saturated carbocycles. The summed E-state index contributed by atoms with van der Waals surface area (Å²) in [6.07, 6.45) is 1.51. The van der Waals surface area contributed by atoms with Gasteiger partial charge in [0, 0.05) is 24.3 Å². The Morgan fingerprint density at radius 2 is 1.89 bits per heavy atom. The van der Waals surface area contributed by atoms with Gasteiger partial charge in [0.05, 0.1) is 13.3 Å². The van der Waals surface area contributed by atoms with Crippen LogP contribution in [0, 0.1) is 11.3 Å². The number of methoxy groups -OCH3 is 1. The Kier molecular flexibility index (Phi) is 7.85. The summed E-state index contributed by atoms with van der Waals surface area (Å²) in [6.45, 7) is 5.95. The summed E-state index contributed by atoms with van der Waals surface area (Å²) in [4.78, 5) is 14.4. The van der Waals surface area contributed by atoms with Crippen molar-refractivity contribution in [3.63, 3.8) is 0 Å². The van der Waals surface area contributed by atoms with Crippen molar-refractivity contribution in [3.8, 4) is 17.6 Å². The van der Waals surface area contributed by atoms with Crippen LogP contribution >= 0.6 is 0 Å². The smallest absolute Gasteiger partial charge is 0.271 e. The van der Waals surface area contributed by atoms with E-state index >= 15 is 0 Å². The molecule has 7 heteroatoms. The normalized spacial score (nSPS) is 10.4. The highest BCUT2D eigenvalue weighted by atomic mass is 16.5. The number of anilines is 1. The predicted molar refractivity (Wildman–Crippen MR) is 109 cm³/mol. The number of carbonyl (C=O) groups is 1. The van der Waals surface area contributed by atoms with E-state index in [4.69, 9.17) is 14.7 Å². The Bertz CT molecular complexity index is 853. The van der Waals surface area contributed by atoms with E-state index in [1.54, 1.807) is 30.3 Å². The van der Waals surface area contributed by atoms with Crippen molar-refractivity contribution in [2.75, 3.05) is 31.7 Å². The number of nitrogens with one attached hydrogen (secondary N) is 1. The lowest BCUT2D eigenvalue weighted by Gasteiger charge is -2.20. The molecule has 2 rings (SSSR count). The zero-order chi connectivity index (χ0) is 20.4. The molecule has 0 radical (unpaired) electrons. The Balaban J connectivity index is 2.00. The maximum atomic E-state index is 12.2. The number of rotatable bonds is 9. The second-order valence-electron chi connectivity index (χ2n) is 5.78. The average molecular weight is 380 g/mol. The standard InChI is InChI=1S/C21H24N4O3/c1-4-25(5-2)18-9-7-17(8-10-18)21(26)24-23-15-16-6-11-19(28-13-12-22)20(14-16)27-3/h6-11,14-15H,4-5,13H2,1-3H3,(H,24,26)/b23-15-. The van der Waals surface area contributed by atoms with Crippen LogP contribution in [-0.2, 0) is 0 Å². The molecule has 2 aromatic rings. The van der Waals surface area contributed by atoms with Gasteiger partial charge in [-0.3, -0.25) is 4.79 Å².